The van der Waals surface area contributed by atoms with Gasteiger partial charge in [-0.15, -0.1) is 4.99 Å². The molecule has 0 saturated carbocycles. The van der Waals surface area contributed by atoms with E-state index in [1.165, 1.54) is 6.08 Å². The highest BCUT2D eigenvalue weighted by Gasteiger charge is 2.05. The molecule has 14 heavy (non-hydrogen) atoms. The van der Waals surface area contributed by atoms with Crippen molar-refractivity contribution in [1.82, 2.24) is 4.98 Å². The lowest BCUT2D eigenvalue weighted by Crippen LogP contribution is -1.80. The van der Waals surface area contributed by atoms with Crippen LogP contribution in [-0.4, -0.2) is 18.2 Å². The minimum atomic E-state index is 0.00301. The Balaban J connectivity index is 2.59. The summed E-state index contributed by atoms with van der Waals surface area (Å²) >= 11 is 0. The van der Waals surface area contributed by atoms with Crippen molar-refractivity contribution >= 4 is 23.2 Å². The predicted molar refractivity (Wildman–Crippen MR) is 48.3 cm³/mol. The molecule has 2 rings (SSSR count). The first-order valence-corrected chi connectivity index (χ1v) is 3.86. The molecule has 1 aromatic carbocycles. The van der Waals surface area contributed by atoms with Crippen molar-refractivity contribution in [2.75, 3.05) is 7.11 Å². The monoisotopic (exact) mass is 190 g/mol. The van der Waals surface area contributed by atoms with Gasteiger partial charge in [0, 0.05) is 6.07 Å². The number of hydrogen-bond donors (Lipinski definition) is 0. The van der Waals surface area contributed by atoms with E-state index in [9.17, 15) is 4.79 Å². The molecule has 0 atom stereocenters. The third-order valence-electron chi connectivity index (χ3n) is 1.72. The van der Waals surface area contributed by atoms with Crippen LogP contribution in [0.5, 0.6) is 5.75 Å². The molecule has 0 aliphatic heterocycles. The van der Waals surface area contributed by atoms with Gasteiger partial charge in [-0.05, 0) is 12.1 Å². The van der Waals surface area contributed by atoms with Crippen molar-refractivity contribution in [1.29, 1.82) is 0 Å². The van der Waals surface area contributed by atoms with Crippen LogP contribution in [0.1, 0.15) is 0 Å². The van der Waals surface area contributed by atoms with E-state index in [-0.39, 0.29) is 6.01 Å². The maximum Gasteiger partial charge on any atom is 0.333 e. The lowest BCUT2D eigenvalue weighted by Gasteiger charge is -1.95. The van der Waals surface area contributed by atoms with E-state index in [1.807, 2.05) is 0 Å². The quantitative estimate of drug-likeness (QED) is 0.535. The van der Waals surface area contributed by atoms with E-state index in [0.29, 0.717) is 16.8 Å². The molecule has 0 amide bonds. The van der Waals surface area contributed by atoms with Crippen molar-refractivity contribution in [2.24, 2.45) is 4.99 Å². The molecule has 0 radical (unpaired) electrons. The number of carbonyl (C=O) groups excluding carboxylic acids is 1. The van der Waals surface area contributed by atoms with Crippen LogP contribution in [-0.2, 0) is 4.79 Å². The van der Waals surface area contributed by atoms with Gasteiger partial charge in [-0.1, -0.05) is 0 Å². The smallest absolute Gasteiger partial charge is 0.333 e. The van der Waals surface area contributed by atoms with E-state index in [1.54, 1.807) is 25.3 Å². The predicted octanol–water partition coefficient (Wildman–Crippen LogP) is 1.80. The SMILES string of the molecule is COc1ccc2oc(N=C=O)nc2c1. The highest BCUT2D eigenvalue weighted by atomic mass is 16.5. The minimum absolute atomic E-state index is 0.00301. The summed E-state index contributed by atoms with van der Waals surface area (Å²) in [5.41, 5.74) is 1.15. The summed E-state index contributed by atoms with van der Waals surface area (Å²) in [5, 5.41) is 0. The number of aliphatic imine (C=N–C) groups is 1. The largest absolute Gasteiger partial charge is 0.497 e. The van der Waals surface area contributed by atoms with Crippen LogP contribution in [0.15, 0.2) is 27.6 Å². The number of isocyanates is 1. The van der Waals surface area contributed by atoms with Gasteiger partial charge >= 0.3 is 6.01 Å². The average molecular weight is 190 g/mol. The molecular formula is C9H6N2O3. The molecular weight excluding hydrogens is 184 g/mol. The number of rotatable bonds is 2. The Bertz CT molecular complexity index is 512. The van der Waals surface area contributed by atoms with Crippen LogP contribution in [0.4, 0.5) is 6.01 Å². The Labute approximate surface area is 79.0 Å². The molecule has 1 aromatic heterocycles. The number of nitrogens with zero attached hydrogens (tertiary/aromatic N) is 2. The van der Waals surface area contributed by atoms with Crippen molar-refractivity contribution in [3.63, 3.8) is 0 Å². The second-order valence-electron chi connectivity index (χ2n) is 2.53. The molecule has 0 aliphatic rings. The standard InChI is InChI=1S/C9H6N2O3/c1-13-6-2-3-8-7(4-6)11-9(14-8)10-5-12/h2-4H,1H3. The number of ether oxygens (including phenoxy) is 1. The first-order valence-electron chi connectivity index (χ1n) is 3.86. The molecule has 2 aromatic rings. The van der Waals surface area contributed by atoms with Gasteiger partial charge < -0.3 is 9.15 Å². The zero-order valence-electron chi connectivity index (χ0n) is 7.35. The molecule has 0 aliphatic carbocycles. The minimum Gasteiger partial charge on any atom is -0.497 e. The molecule has 0 saturated heterocycles. The fourth-order valence-electron chi connectivity index (χ4n) is 1.11. The first kappa shape index (κ1) is 8.47. The second-order valence-corrected chi connectivity index (χ2v) is 2.53. The van der Waals surface area contributed by atoms with Crippen molar-refractivity contribution in [3.05, 3.63) is 18.2 Å². The highest BCUT2D eigenvalue weighted by Crippen LogP contribution is 2.24. The van der Waals surface area contributed by atoms with Crippen LogP contribution in [0.2, 0.25) is 0 Å². The number of hydrogen-bond acceptors (Lipinski definition) is 5. The van der Waals surface area contributed by atoms with Crippen LogP contribution in [0.3, 0.4) is 0 Å². The van der Waals surface area contributed by atoms with Gasteiger partial charge in [0.1, 0.15) is 11.3 Å². The fourth-order valence-corrected chi connectivity index (χ4v) is 1.11. The van der Waals surface area contributed by atoms with Gasteiger partial charge in [0.15, 0.2) is 5.58 Å². The summed E-state index contributed by atoms with van der Waals surface area (Å²) in [6.07, 6.45) is 1.36. The normalized spacial score (nSPS) is 9.79. The number of methoxy groups -OCH3 is 1. The summed E-state index contributed by atoms with van der Waals surface area (Å²) in [5.74, 6) is 0.674. The third kappa shape index (κ3) is 1.36. The Morgan fingerprint density at radius 1 is 1.57 bits per heavy atom. The van der Waals surface area contributed by atoms with E-state index >= 15 is 0 Å². The average Bonchev–Trinajstić information content (AvgIpc) is 2.59. The number of oxazole rings is 1. The Kier molecular flexibility index (Phi) is 2.01. The number of benzene rings is 1. The Hall–Kier alpha value is -2.13. The summed E-state index contributed by atoms with van der Waals surface area (Å²) in [6, 6.07) is 5.14. The Morgan fingerprint density at radius 2 is 2.43 bits per heavy atom. The van der Waals surface area contributed by atoms with Gasteiger partial charge in [-0.25, -0.2) is 4.79 Å². The summed E-state index contributed by atoms with van der Waals surface area (Å²) in [4.78, 5) is 17.2. The van der Waals surface area contributed by atoms with Crippen LogP contribution in [0.25, 0.3) is 11.1 Å². The van der Waals surface area contributed by atoms with E-state index < -0.39 is 0 Å². The van der Waals surface area contributed by atoms with E-state index in [4.69, 9.17) is 9.15 Å². The zero-order valence-corrected chi connectivity index (χ0v) is 7.35. The van der Waals surface area contributed by atoms with E-state index in [0.717, 1.165) is 0 Å². The van der Waals surface area contributed by atoms with Gasteiger partial charge in [0.2, 0.25) is 6.08 Å². The lowest BCUT2D eigenvalue weighted by atomic mass is 10.3. The van der Waals surface area contributed by atoms with Crippen molar-refractivity contribution in [2.45, 2.75) is 0 Å². The second kappa shape index (κ2) is 3.32. The molecule has 0 N–H and O–H groups in total. The third-order valence-corrected chi connectivity index (χ3v) is 1.72. The van der Waals surface area contributed by atoms with Crippen molar-refractivity contribution in [3.8, 4) is 5.75 Å². The van der Waals surface area contributed by atoms with Gasteiger partial charge in [0.05, 0.1) is 7.11 Å². The zero-order chi connectivity index (χ0) is 9.97. The molecule has 70 valence electrons. The van der Waals surface area contributed by atoms with Gasteiger partial charge in [-0.3, -0.25) is 0 Å². The molecule has 0 fully saturated rings. The Morgan fingerprint density at radius 3 is 3.14 bits per heavy atom. The summed E-state index contributed by atoms with van der Waals surface area (Å²) in [7, 11) is 1.56. The summed E-state index contributed by atoms with van der Waals surface area (Å²) in [6.45, 7) is 0. The highest BCUT2D eigenvalue weighted by molar-refractivity contribution is 5.76. The molecule has 1 heterocycles. The molecule has 0 spiro atoms. The van der Waals surface area contributed by atoms with Crippen LogP contribution in [0, 0.1) is 0 Å². The first-order chi connectivity index (χ1) is 6.83. The maximum absolute atomic E-state index is 9.96. The molecule has 5 heteroatoms. The van der Waals surface area contributed by atoms with Crippen molar-refractivity contribution < 1.29 is 13.9 Å². The van der Waals surface area contributed by atoms with Crippen LogP contribution < -0.4 is 4.74 Å². The number of fused-ring (bicyclic) bond motifs is 1. The molecule has 0 unspecified atom stereocenters. The maximum atomic E-state index is 9.96. The van der Waals surface area contributed by atoms with Crippen LogP contribution >= 0.6 is 0 Å². The summed E-state index contributed by atoms with van der Waals surface area (Å²) < 4.78 is 10.1. The lowest BCUT2D eigenvalue weighted by molar-refractivity contribution is 0.415. The number of aromatic nitrogens is 1. The molecule has 0 bridgehead atoms. The topological polar surface area (TPSA) is 64.7 Å². The fraction of sp³-hybridized carbons (Fsp3) is 0.111. The van der Waals surface area contributed by atoms with Gasteiger partial charge in [-0.2, -0.15) is 4.98 Å². The van der Waals surface area contributed by atoms with E-state index in [2.05, 4.69) is 9.98 Å². The molecule has 5 nitrogen and oxygen atoms in total. The van der Waals surface area contributed by atoms with Gasteiger partial charge in [0.25, 0.3) is 0 Å².